The largest absolute Gasteiger partial charge is 0.496 e. The molecular formula is C15H17NO2. The topological polar surface area (TPSA) is 50.1 Å². The Balaban J connectivity index is 2.27. The van der Waals surface area contributed by atoms with Gasteiger partial charge in [-0.1, -0.05) is 18.6 Å². The number of ether oxygens (including phenoxy) is 1. The second-order valence-corrected chi connectivity index (χ2v) is 4.82. The fraction of sp³-hybridized carbons (Fsp3) is 0.467. The zero-order chi connectivity index (χ0) is 13.1. The first-order chi connectivity index (χ1) is 8.67. The number of benzene rings is 1. The molecule has 0 N–H and O–H groups in total. The monoisotopic (exact) mass is 243 g/mol. The van der Waals surface area contributed by atoms with E-state index in [0.717, 1.165) is 36.1 Å². The molecular weight excluding hydrogens is 226 g/mol. The van der Waals surface area contributed by atoms with Crippen LogP contribution < -0.4 is 4.74 Å². The van der Waals surface area contributed by atoms with Gasteiger partial charge in [-0.15, -0.1) is 0 Å². The lowest BCUT2D eigenvalue weighted by Crippen LogP contribution is -2.26. The van der Waals surface area contributed by atoms with Crippen LogP contribution in [0.3, 0.4) is 0 Å². The third-order valence-corrected chi connectivity index (χ3v) is 3.69. The maximum absolute atomic E-state index is 12.2. The lowest BCUT2D eigenvalue weighted by molar-refractivity contribution is -0.125. The van der Waals surface area contributed by atoms with Gasteiger partial charge in [0.2, 0.25) is 0 Å². The standard InChI is InChI=1S/C15H17NO2/c1-10-6-7-12(8-14(10)18-2)13(9-16)15(17)11-4-3-5-11/h6-8,11,13H,3-5H2,1-2H3. The van der Waals surface area contributed by atoms with Gasteiger partial charge in [0, 0.05) is 5.92 Å². The van der Waals surface area contributed by atoms with E-state index in [4.69, 9.17) is 4.74 Å². The Morgan fingerprint density at radius 1 is 1.50 bits per heavy atom. The van der Waals surface area contributed by atoms with E-state index < -0.39 is 5.92 Å². The summed E-state index contributed by atoms with van der Waals surface area (Å²) >= 11 is 0. The molecule has 0 radical (unpaired) electrons. The fourth-order valence-electron chi connectivity index (χ4n) is 2.25. The van der Waals surface area contributed by atoms with Crippen molar-refractivity contribution in [2.75, 3.05) is 7.11 Å². The lowest BCUT2D eigenvalue weighted by atomic mass is 9.76. The summed E-state index contributed by atoms with van der Waals surface area (Å²) < 4.78 is 5.24. The number of carbonyl (C=O) groups excluding carboxylic acids is 1. The molecule has 0 aromatic heterocycles. The molecule has 1 aliphatic carbocycles. The van der Waals surface area contributed by atoms with Crippen molar-refractivity contribution in [3.05, 3.63) is 29.3 Å². The van der Waals surface area contributed by atoms with E-state index in [2.05, 4.69) is 6.07 Å². The summed E-state index contributed by atoms with van der Waals surface area (Å²) in [6.45, 7) is 1.94. The summed E-state index contributed by atoms with van der Waals surface area (Å²) in [7, 11) is 1.60. The van der Waals surface area contributed by atoms with E-state index in [1.807, 2.05) is 19.1 Å². The second-order valence-electron chi connectivity index (χ2n) is 4.82. The highest BCUT2D eigenvalue weighted by atomic mass is 16.5. The van der Waals surface area contributed by atoms with E-state index in [0.29, 0.717) is 0 Å². The molecule has 2 rings (SSSR count). The van der Waals surface area contributed by atoms with Crippen molar-refractivity contribution in [3.63, 3.8) is 0 Å². The minimum Gasteiger partial charge on any atom is -0.496 e. The predicted octanol–water partition coefficient (Wildman–Crippen LogP) is 2.98. The summed E-state index contributed by atoms with van der Waals surface area (Å²) in [6, 6.07) is 7.68. The Kier molecular flexibility index (Phi) is 3.66. The van der Waals surface area contributed by atoms with Gasteiger partial charge in [-0.05, 0) is 37.0 Å². The minimum atomic E-state index is -0.648. The molecule has 1 aromatic rings. The van der Waals surface area contributed by atoms with Crippen molar-refractivity contribution < 1.29 is 9.53 Å². The van der Waals surface area contributed by atoms with Crippen LogP contribution in [-0.2, 0) is 4.79 Å². The Bertz CT molecular complexity index is 498. The third-order valence-electron chi connectivity index (χ3n) is 3.69. The summed E-state index contributed by atoms with van der Waals surface area (Å²) in [5, 5.41) is 9.24. The average molecular weight is 243 g/mol. The number of Topliss-reactive ketones (excluding diaryl/α,β-unsaturated/α-hetero) is 1. The molecule has 1 aromatic carbocycles. The molecule has 3 nitrogen and oxygen atoms in total. The van der Waals surface area contributed by atoms with Crippen LogP contribution in [0.25, 0.3) is 0 Å². The summed E-state index contributed by atoms with van der Waals surface area (Å²) in [6.07, 6.45) is 2.96. The van der Waals surface area contributed by atoms with Crippen LogP contribution in [-0.4, -0.2) is 12.9 Å². The van der Waals surface area contributed by atoms with Crippen LogP contribution in [0.2, 0.25) is 0 Å². The highest BCUT2D eigenvalue weighted by Gasteiger charge is 2.32. The molecule has 1 fully saturated rings. The SMILES string of the molecule is COc1cc(C(C#N)C(=O)C2CCC2)ccc1C. The molecule has 0 spiro atoms. The first-order valence-corrected chi connectivity index (χ1v) is 6.25. The number of ketones is 1. The van der Waals surface area contributed by atoms with Crippen molar-refractivity contribution in [2.24, 2.45) is 5.92 Å². The van der Waals surface area contributed by atoms with Crippen LogP contribution in [0.5, 0.6) is 5.75 Å². The first-order valence-electron chi connectivity index (χ1n) is 6.25. The highest BCUT2D eigenvalue weighted by Crippen LogP contribution is 2.34. The number of carbonyl (C=O) groups is 1. The number of aryl methyl sites for hydroxylation is 1. The zero-order valence-electron chi connectivity index (χ0n) is 10.8. The van der Waals surface area contributed by atoms with Crippen molar-refractivity contribution in [1.29, 1.82) is 5.26 Å². The van der Waals surface area contributed by atoms with Crippen LogP contribution >= 0.6 is 0 Å². The van der Waals surface area contributed by atoms with Crippen LogP contribution in [0.4, 0.5) is 0 Å². The normalized spacial score (nSPS) is 16.5. The lowest BCUT2D eigenvalue weighted by Gasteiger charge is -2.26. The minimum absolute atomic E-state index is 0.0645. The third kappa shape index (κ3) is 2.24. The first kappa shape index (κ1) is 12.6. The maximum Gasteiger partial charge on any atom is 0.157 e. The van der Waals surface area contributed by atoms with E-state index in [1.165, 1.54) is 0 Å². The molecule has 1 unspecified atom stereocenters. The van der Waals surface area contributed by atoms with Gasteiger partial charge in [-0.3, -0.25) is 4.79 Å². The fourth-order valence-corrected chi connectivity index (χ4v) is 2.25. The van der Waals surface area contributed by atoms with Crippen molar-refractivity contribution in [3.8, 4) is 11.8 Å². The van der Waals surface area contributed by atoms with Gasteiger partial charge >= 0.3 is 0 Å². The van der Waals surface area contributed by atoms with Crippen molar-refractivity contribution in [2.45, 2.75) is 32.1 Å². The number of hydrogen-bond donors (Lipinski definition) is 0. The van der Waals surface area contributed by atoms with Gasteiger partial charge in [0.1, 0.15) is 11.7 Å². The molecule has 0 saturated heterocycles. The van der Waals surface area contributed by atoms with Crippen LogP contribution in [0.15, 0.2) is 18.2 Å². The molecule has 18 heavy (non-hydrogen) atoms. The van der Waals surface area contributed by atoms with Crippen LogP contribution in [0, 0.1) is 24.2 Å². The van der Waals surface area contributed by atoms with Gasteiger partial charge in [0.15, 0.2) is 5.78 Å². The van der Waals surface area contributed by atoms with E-state index >= 15 is 0 Å². The zero-order valence-corrected chi connectivity index (χ0v) is 10.8. The quantitative estimate of drug-likeness (QED) is 0.816. The molecule has 1 aliphatic rings. The molecule has 1 saturated carbocycles. The molecule has 0 aliphatic heterocycles. The maximum atomic E-state index is 12.2. The van der Waals surface area contributed by atoms with Gasteiger partial charge in [0.05, 0.1) is 13.2 Å². The second kappa shape index (κ2) is 5.22. The number of nitrogens with zero attached hydrogens (tertiary/aromatic N) is 1. The summed E-state index contributed by atoms with van der Waals surface area (Å²) in [5.74, 6) is 0.232. The molecule has 1 atom stereocenters. The van der Waals surface area contributed by atoms with Crippen molar-refractivity contribution in [1.82, 2.24) is 0 Å². The van der Waals surface area contributed by atoms with E-state index in [9.17, 15) is 10.1 Å². The van der Waals surface area contributed by atoms with E-state index in [1.54, 1.807) is 13.2 Å². The van der Waals surface area contributed by atoms with Crippen molar-refractivity contribution >= 4 is 5.78 Å². The Hall–Kier alpha value is -1.82. The van der Waals surface area contributed by atoms with E-state index in [-0.39, 0.29) is 11.7 Å². The number of methoxy groups -OCH3 is 1. The predicted molar refractivity (Wildman–Crippen MR) is 68.4 cm³/mol. The Morgan fingerprint density at radius 3 is 2.72 bits per heavy atom. The molecule has 0 amide bonds. The van der Waals surface area contributed by atoms with Crippen LogP contribution in [0.1, 0.15) is 36.3 Å². The number of hydrogen-bond acceptors (Lipinski definition) is 3. The van der Waals surface area contributed by atoms with Gasteiger partial charge in [-0.2, -0.15) is 5.26 Å². The molecule has 0 heterocycles. The average Bonchev–Trinajstić information content (AvgIpc) is 2.30. The summed E-state index contributed by atoms with van der Waals surface area (Å²) in [5.41, 5.74) is 1.76. The molecule has 3 heteroatoms. The Morgan fingerprint density at radius 2 is 2.22 bits per heavy atom. The summed E-state index contributed by atoms with van der Waals surface area (Å²) in [4.78, 5) is 12.2. The highest BCUT2D eigenvalue weighted by molar-refractivity contribution is 5.91. The van der Waals surface area contributed by atoms with Gasteiger partial charge in [-0.25, -0.2) is 0 Å². The molecule has 94 valence electrons. The smallest absolute Gasteiger partial charge is 0.157 e. The number of rotatable bonds is 4. The molecule has 0 bridgehead atoms. The van der Waals surface area contributed by atoms with Gasteiger partial charge in [0.25, 0.3) is 0 Å². The number of nitriles is 1. The van der Waals surface area contributed by atoms with Gasteiger partial charge < -0.3 is 4.74 Å². The Labute approximate surface area is 107 Å².